The van der Waals surface area contributed by atoms with Crippen LogP contribution in [0.5, 0.6) is 0 Å². The second-order valence-corrected chi connectivity index (χ2v) is 7.42. The number of hydrogen-bond donors (Lipinski definition) is 1. The van der Waals surface area contributed by atoms with Gasteiger partial charge in [-0.15, -0.1) is 11.8 Å². The zero-order valence-electron chi connectivity index (χ0n) is 15.0. The fourth-order valence-electron chi connectivity index (χ4n) is 3.45. The van der Waals surface area contributed by atoms with Gasteiger partial charge in [0.05, 0.1) is 0 Å². The van der Waals surface area contributed by atoms with Crippen LogP contribution in [-0.2, 0) is 11.3 Å². The Labute approximate surface area is 159 Å². The predicted octanol–water partition coefficient (Wildman–Crippen LogP) is 3.14. The lowest BCUT2D eigenvalue weighted by Gasteiger charge is -2.28. The third kappa shape index (κ3) is 4.84. The van der Waals surface area contributed by atoms with Gasteiger partial charge in [-0.05, 0) is 48.5 Å². The monoisotopic (exact) mass is 371 g/mol. The standard InChI is InChI=1S/C20H25N3O2S/c1-26-18-7-5-17(6-8-18)19(20(24)25)23-11-3-10-22(12-13-23)15-16-4-2-9-21-14-16/h2,4-9,14,19H,3,10-13,15H2,1H3,(H,24,25)/t19-/m1/s1. The molecule has 1 fully saturated rings. The molecule has 138 valence electrons. The Balaban J connectivity index is 1.67. The molecule has 1 atom stereocenters. The van der Waals surface area contributed by atoms with Gasteiger partial charge in [0.15, 0.2) is 0 Å². The first-order chi connectivity index (χ1) is 12.7. The molecule has 1 N–H and O–H groups in total. The van der Waals surface area contributed by atoms with Crippen LogP contribution in [0.2, 0.25) is 0 Å². The van der Waals surface area contributed by atoms with E-state index in [0.717, 1.165) is 49.6 Å². The number of hydrogen-bond acceptors (Lipinski definition) is 5. The Morgan fingerprint density at radius 3 is 2.65 bits per heavy atom. The lowest BCUT2D eigenvalue weighted by Crippen LogP contribution is -2.37. The zero-order valence-corrected chi connectivity index (χ0v) is 15.9. The molecule has 1 aliphatic rings. The number of nitrogens with zero attached hydrogens (tertiary/aromatic N) is 3. The number of thioether (sulfide) groups is 1. The first kappa shape index (κ1) is 18.9. The van der Waals surface area contributed by atoms with Gasteiger partial charge in [-0.2, -0.15) is 0 Å². The number of carbonyl (C=O) groups is 1. The maximum absolute atomic E-state index is 12.0. The van der Waals surface area contributed by atoms with Crippen molar-refractivity contribution >= 4 is 17.7 Å². The topological polar surface area (TPSA) is 56.7 Å². The van der Waals surface area contributed by atoms with Gasteiger partial charge < -0.3 is 5.11 Å². The molecule has 1 aromatic carbocycles. The summed E-state index contributed by atoms with van der Waals surface area (Å²) in [5.41, 5.74) is 2.05. The highest BCUT2D eigenvalue weighted by molar-refractivity contribution is 7.98. The van der Waals surface area contributed by atoms with Gasteiger partial charge in [-0.3, -0.25) is 19.6 Å². The van der Waals surface area contributed by atoms with Crippen molar-refractivity contribution < 1.29 is 9.90 Å². The molecule has 5 nitrogen and oxygen atoms in total. The average Bonchev–Trinajstić information content (AvgIpc) is 2.89. The molecule has 0 bridgehead atoms. The van der Waals surface area contributed by atoms with E-state index in [1.807, 2.05) is 42.8 Å². The van der Waals surface area contributed by atoms with Gasteiger partial charge in [0.1, 0.15) is 6.04 Å². The SMILES string of the molecule is CSc1ccc([C@H](C(=O)O)N2CCCN(Cc3cccnc3)CC2)cc1. The Bertz CT molecular complexity index is 709. The Hall–Kier alpha value is -1.89. The quantitative estimate of drug-likeness (QED) is 0.788. The molecule has 0 saturated carbocycles. The summed E-state index contributed by atoms with van der Waals surface area (Å²) in [6.07, 6.45) is 6.67. The van der Waals surface area contributed by atoms with E-state index in [0.29, 0.717) is 0 Å². The lowest BCUT2D eigenvalue weighted by molar-refractivity contribution is -0.143. The van der Waals surface area contributed by atoms with Crippen LogP contribution in [0.15, 0.2) is 53.7 Å². The molecular weight excluding hydrogens is 346 g/mol. The molecule has 3 rings (SSSR count). The van der Waals surface area contributed by atoms with Crippen molar-refractivity contribution in [2.75, 3.05) is 32.4 Å². The van der Waals surface area contributed by atoms with Gasteiger partial charge in [0.2, 0.25) is 0 Å². The highest BCUT2D eigenvalue weighted by Gasteiger charge is 2.29. The van der Waals surface area contributed by atoms with Crippen molar-refractivity contribution in [3.8, 4) is 0 Å². The second-order valence-electron chi connectivity index (χ2n) is 6.54. The van der Waals surface area contributed by atoms with Crippen molar-refractivity contribution in [1.29, 1.82) is 0 Å². The molecule has 0 amide bonds. The molecule has 6 heteroatoms. The minimum Gasteiger partial charge on any atom is -0.480 e. The van der Waals surface area contributed by atoms with Crippen LogP contribution in [-0.4, -0.2) is 58.3 Å². The van der Waals surface area contributed by atoms with Gasteiger partial charge in [-0.25, -0.2) is 0 Å². The number of carboxylic acid groups (broad SMARTS) is 1. The van der Waals surface area contributed by atoms with E-state index < -0.39 is 12.0 Å². The molecule has 26 heavy (non-hydrogen) atoms. The number of aliphatic carboxylic acids is 1. The molecule has 0 unspecified atom stereocenters. The summed E-state index contributed by atoms with van der Waals surface area (Å²) in [5, 5.41) is 9.83. The third-order valence-electron chi connectivity index (χ3n) is 4.78. The van der Waals surface area contributed by atoms with Crippen LogP contribution >= 0.6 is 11.8 Å². The van der Waals surface area contributed by atoms with Crippen LogP contribution in [0.25, 0.3) is 0 Å². The number of pyridine rings is 1. The first-order valence-electron chi connectivity index (χ1n) is 8.89. The van der Waals surface area contributed by atoms with E-state index >= 15 is 0 Å². The van der Waals surface area contributed by atoms with Crippen LogP contribution in [0.4, 0.5) is 0 Å². The Kier molecular flexibility index (Phi) is 6.66. The number of rotatable bonds is 6. The Morgan fingerprint density at radius 1 is 1.19 bits per heavy atom. The summed E-state index contributed by atoms with van der Waals surface area (Å²) in [6.45, 7) is 4.25. The number of benzene rings is 1. The van der Waals surface area contributed by atoms with Gasteiger partial charge in [-0.1, -0.05) is 18.2 Å². The largest absolute Gasteiger partial charge is 0.480 e. The minimum atomic E-state index is -0.775. The molecular formula is C20H25N3O2S. The highest BCUT2D eigenvalue weighted by Crippen LogP contribution is 2.25. The summed E-state index contributed by atoms with van der Waals surface area (Å²) in [5.74, 6) is -0.775. The summed E-state index contributed by atoms with van der Waals surface area (Å²) in [6, 6.07) is 11.4. The van der Waals surface area contributed by atoms with E-state index in [2.05, 4.69) is 20.9 Å². The van der Waals surface area contributed by atoms with Crippen molar-refractivity contribution in [3.05, 3.63) is 59.9 Å². The van der Waals surface area contributed by atoms with Gasteiger partial charge in [0, 0.05) is 43.5 Å². The fraction of sp³-hybridized carbons (Fsp3) is 0.400. The smallest absolute Gasteiger partial charge is 0.325 e. The number of carboxylic acids is 1. The summed E-state index contributed by atoms with van der Waals surface area (Å²) < 4.78 is 0. The molecule has 0 spiro atoms. The summed E-state index contributed by atoms with van der Waals surface area (Å²) in [7, 11) is 0. The predicted molar refractivity (Wildman–Crippen MR) is 104 cm³/mol. The van der Waals surface area contributed by atoms with E-state index in [1.54, 1.807) is 18.0 Å². The minimum absolute atomic E-state index is 0.579. The summed E-state index contributed by atoms with van der Waals surface area (Å²) >= 11 is 1.66. The van der Waals surface area contributed by atoms with Gasteiger partial charge in [0.25, 0.3) is 0 Å². The van der Waals surface area contributed by atoms with Crippen LogP contribution in [0.1, 0.15) is 23.6 Å². The van der Waals surface area contributed by atoms with E-state index in [9.17, 15) is 9.90 Å². The fourth-order valence-corrected chi connectivity index (χ4v) is 3.86. The van der Waals surface area contributed by atoms with E-state index in [1.165, 1.54) is 5.56 Å². The van der Waals surface area contributed by atoms with Crippen LogP contribution in [0, 0.1) is 0 Å². The van der Waals surface area contributed by atoms with Crippen molar-refractivity contribution in [2.45, 2.75) is 23.9 Å². The normalized spacial score (nSPS) is 17.6. The molecule has 0 radical (unpaired) electrons. The van der Waals surface area contributed by atoms with Crippen LogP contribution in [0.3, 0.4) is 0 Å². The van der Waals surface area contributed by atoms with Crippen molar-refractivity contribution in [2.24, 2.45) is 0 Å². The molecule has 0 aliphatic carbocycles. The maximum Gasteiger partial charge on any atom is 0.325 e. The zero-order chi connectivity index (χ0) is 18.4. The summed E-state index contributed by atoms with van der Waals surface area (Å²) in [4.78, 5) is 21.8. The van der Waals surface area contributed by atoms with E-state index in [4.69, 9.17) is 0 Å². The Morgan fingerprint density at radius 2 is 2.00 bits per heavy atom. The molecule has 2 aromatic rings. The molecule has 2 heterocycles. The lowest BCUT2D eigenvalue weighted by atomic mass is 10.1. The second kappa shape index (κ2) is 9.16. The highest BCUT2D eigenvalue weighted by atomic mass is 32.2. The molecule has 1 aromatic heterocycles. The first-order valence-corrected chi connectivity index (χ1v) is 10.1. The molecule has 1 aliphatic heterocycles. The third-order valence-corrected chi connectivity index (χ3v) is 5.53. The van der Waals surface area contributed by atoms with E-state index in [-0.39, 0.29) is 0 Å². The average molecular weight is 372 g/mol. The van der Waals surface area contributed by atoms with Gasteiger partial charge >= 0.3 is 5.97 Å². The number of aromatic nitrogens is 1. The van der Waals surface area contributed by atoms with Crippen molar-refractivity contribution in [3.63, 3.8) is 0 Å². The van der Waals surface area contributed by atoms with Crippen molar-refractivity contribution in [1.82, 2.24) is 14.8 Å². The van der Waals surface area contributed by atoms with Crippen LogP contribution < -0.4 is 0 Å². The maximum atomic E-state index is 12.0. The molecule has 1 saturated heterocycles.